The second-order valence-corrected chi connectivity index (χ2v) is 8.62. The summed E-state index contributed by atoms with van der Waals surface area (Å²) in [7, 11) is 1.51. The number of hydrogen-bond acceptors (Lipinski definition) is 5. The van der Waals surface area contributed by atoms with E-state index in [1.165, 1.54) is 17.9 Å². The predicted molar refractivity (Wildman–Crippen MR) is 122 cm³/mol. The Morgan fingerprint density at radius 3 is 2.31 bits per heavy atom. The van der Waals surface area contributed by atoms with Gasteiger partial charge in [-0.05, 0) is 51.1 Å². The number of methoxy groups -OCH3 is 1. The first kappa shape index (κ1) is 21.6. The summed E-state index contributed by atoms with van der Waals surface area (Å²) in [4.78, 5) is 40.1. The maximum absolute atomic E-state index is 13.3. The number of ether oxygens (including phenoxy) is 2. The molecule has 0 bridgehead atoms. The molecule has 0 spiro atoms. The van der Waals surface area contributed by atoms with E-state index in [1.54, 1.807) is 69.3 Å². The van der Waals surface area contributed by atoms with E-state index in [0.717, 1.165) is 4.90 Å². The largest absolute Gasteiger partial charge is 0.497 e. The lowest BCUT2D eigenvalue weighted by Crippen LogP contribution is -2.31. The number of halogens is 1. The third-order valence-electron chi connectivity index (χ3n) is 4.91. The standard InChI is InChI=1S/C24H21ClN2O5/c1-24(2,3)32-23(30)26-13-17(16-12-15(31-4)10-11-18(16)26)19-20(25)22(29)27(21(19)28)14-8-6-5-7-9-14/h5-13H,1-4H3. The van der Waals surface area contributed by atoms with Crippen LogP contribution in [0.5, 0.6) is 5.75 Å². The van der Waals surface area contributed by atoms with Gasteiger partial charge in [0.1, 0.15) is 16.4 Å². The molecular formula is C24H21ClN2O5. The number of amides is 2. The van der Waals surface area contributed by atoms with Crippen molar-refractivity contribution in [3.8, 4) is 5.75 Å². The first-order chi connectivity index (χ1) is 15.1. The Hall–Kier alpha value is -3.58. The topological polar surface area (TPSA) is 77.8 Å². The lowest BCUT2D eigenvalue weighted by atomic mass is 10.0. The van der Waals surface area contributed by atoms with Gasteiger partial charge in [0.2, 0.25) is 0 Å². The Kier molecular flexibility index (Phi) is 5.30. The van der Waals surface area contributed by atoms with Crippen LogP contribution in [0.3, 0.4) is 0 Å². The van der Waals surface area contributed by atoms with Gasteiger partial charge in [0.25, 0.3) is 11.8 Å². The fraction of sp³-hybridized carbons (Fsp3) is 0.208. The molecule has 0 atom stereocenters. The molecule has 3 aromatic rings. The van der Waals surface area contributed by atoms with Crippen LogP contribution in [0.4, 0.5) is 10.5 Å². The van der Waals surface area contributed by atoms with E-state index in [0.29, 0.717) is 27.9 Å². The number of fused-ring (bicyclic) bond motifs is 1. The molecule has 0 saturated carbocycles. The van der Waals surface area contributed by atoms with Crippen LogP contribution in [0.15, 0.2) is 59.8 Å². The van der Waals surface area contributed by atoms with Gasteiger partial charge in [-0.3, -0.25) is 14.2 Å². The summed E-state index contributed by atoms with van der Waals surface area (Å²) in [6, 6.07) is 13.6. The van der Waals surface area contributed by atoms with Crippen LogP contribution in [-0.4, -0.2) is 35.2 Å². The van der Waals surface area contributed by atoms with Crippen LogP contribution >= 0.6 is 11.6 Å². The zero-order valence-electron chi connectivity index (χ0n) is 18.0. The van der Waals surface area contributed by atoms with Crippen molar-refractivity contribution in [1.29, 1.82) is 0 Å². The van der Waals surface area contributed by atoms with E-state index in [9.17, 15) is 14.4 Å². The summed E-state index contributed by atoms with van der Waals surface area (Å²) in [5.41, 5.74) is 0.530. The van der Waals surface area contributed by atoms with Gasteiger partial charge in [0, 0.05) is 17.1 Å². The van der Waals surface area contributed by atoms with E-state index in [2.05, 4.69) is 0 Å². The first-order valence-electron chi connectivity index (χ1n) is 9.89. The molecule has 1 aromatic heterocycles. The first-order valence-corrected chi connectivity index (χ1v) is 10.3. The van der Waals surface area contributed by atoms with Gasteiger partial charge in [0.15, 0.2) is 0 Å². The smallest absolute Gasteiger partial charge is 0.419 e. The summed E-state index contributed by atoms with van der Waals surface area (Å²) in [5, 5.41) is 0.310. The molecule has 4 rings (SSSR count). The number of benzene rings is 2. The molecular weight excluding hydrogens is 432 g/mol. The van der Waals surface area contributed by atoms with E-state index in [4.69, 9.17) is 21.1 Å². The molecule has 2 heterocycles. The average molecular weight is 453 g/mol. The monoisotopic (exact) mass is 452 g/mol. The summed E-state index contributed by atoms with van der Waals surface area (Å²) >= 11 is 6.38. The van der Waals surface area contributed by atoms with E-state index in [1.807, 2.05) is 0 Å². The highest BCUT2D eigenvalue weighted by Gasteiger charge is 2.40. The number of carbonyl (C=O) groups excluding carboxylic acids is 3. The van der Waals surface area contributed by atoms with Gasteiger partial charge in [-0.15, -0.1) is 0 Å². The molecule has 0 unspecified atom stereocenters. The highest BCUT2D eigenvalue weighted by molar-refractivity contribution is 6.60. The maximum atomic E-state index is 13.3. The van der Waals surface area contributed by atoms with Crippen molar-refractivity contribution in [1.82, 2.24) is 4.57 Å². The SMILES string of the molecule is COc1ccc2c(c1)c(C1=C(Cl)C(=O)N(c3ccccc3)C1=O)cn2C(=O)OC(C)(C)C. The van der Waals surface area contributed by atoms with Gasteiger partial charge in [0.05, 0.1) is 23.9 Å². The van der Waals surface area contributed by atoms with Crippen LogP contribution in [-0.2, 0) is 14.3 Å². The quantitative estimate of drug-likeness (QED) is 0.525. The Morgan fingerprint density at radius 2 is 1.69 bits per heavy atom. The van der Waals surface area contributed by atoms with Gasteiger partial charge in [-0.25, -0.2) is 9.69 Å². The lowest BCUT2D eigenvalue weighted by molar-refractivity contribution is -0.119. The minimum absolute atomic E-state index is 0.0149. The Balaban J connectivity index is 1.89. The van der Waals surface area contributed by atoms with Crippen LogP contribution in [0, 0.1) is 0 Å². The number of rotatable bonds is 3. The molecule has 1 aliphatic heterocycles. The highest BCUT2D eigenvalue weighted by Crippen LogP contribution is 2.39. The van der Waals surface area contributed by atoms with E-state index >= 15 is 0 Å². The van der Waals surface area contributed by atoms with E-state index < -0.39 is 23.5 Å². The summed E-state index contributed by atoms with van der Waals surface area (Å²) in [6.07, 6.45) is 0.850. The second-order valence-electron chi connectivity index (χ2n) is 8.25. The van der Waals surface area contributed by atoms with Crippen LogP contribution in [0.2, 0.25) is 0 Å². The number of anilines is 1. The van der Waals surface area contributed by atoms with Gasteiger partial charge >= 0.3 is 6.09 Å². The Labute approximate surface area is 189 Å². The van der Waals surface area contributed by atoms with Crippen molar-refractivity contribution in [3.63, 3.8) is 0 Å². The number of para-hydroxylation sites is 1. The molecule has 0 fully saturated rings. The Bertz CT molecular complexity index is 1280. The molecule has 0 saturated heterocycles. The fourth-order valence-electron chi connectivity index (χ4n) is 3.55. The molecule has 1 aliphatic rings. The molecule has 32 heavy (non-hydrogen) atoms. The molecule has 7 nitrogen and oxygen atoms in total. The number of nitrogens with zero attached hydrogens (tertiary/aromatic N) is 2. The van der Waals surface area contributed by atoms with Crippen molar-refractivity contribution < 1.29 is 23.9 Å². The van der Waals surface area contributed by atoms with Gasteiger partial charge in [-0.2, -0.15) is 0 Å². The molecule has 2 aromatic carbocycles. The lowest BCUT2D eigenvalue weighted by Gasteiger charge is -2.19. The minimum Gasteiger partial charge on any atom is -0.497 e. The number of aromatic nitrogens is 1. The van der Waals surface area contributed by atoms with E-state index in [-0.39, 0.29) is 10.6 Å². The third kappa shape index (κ3) is 3.65. The molecule has 164 valence electrons. The molecule has 0 aliphatic carbocycles. The predicted octanol–water partition coefficient (Wildman–Crippen LogP) is 4.96. The highest BCUT2D eigenvalue weighted by atomic mass is 35.5. The average Bonchev–Trinajstić information content (AvgIpc) is 3.21. The number of imide groups is 1. The number of hydrogen-bond donors (Lipinski definition) is 0. The van der Waals surface area contributed by atoms with Gasteiger partial charge < -0.3 is 9.47 Å². The van der Waals surface area contributed by atoms with Crippen LogP contribution in [0.1, 0.15) is 26.3 Å². The van der Waals surface area contributed by atoms with Crippen molar-refractivity contribution >= 4 is 51.7 Å². The van der Waals surface area contributed by atoms with Crippen LogP contribution < -0.4 is 9.64 Å². The maximum Gasteiger partial charge on any atom is 0.419 e. The third-order valence-corrected chi connectivity index (χ3v) is 5.26. The van der Waals surface area contributed by atoms with Crippen LogP contribution in [0.25, 0.3) is 16.5 Å². The molecule has 0 radical (unpaired) electrons. The molecule has 0 N–H and O–H groups in total. The zero-order chi connectivity index (χ0) is 23.2. The zero-order valence-corrected chi connectivity index (χ0v) is 18.8. The van der Waals surface area contributed by atoms with Crippen molar-refractivity contribution in [2.45, 2.75) is 26.4 Å². The molecule has 8 heteroatoms. The summed E-state index contributed by atoms with van der Waals surface area (Å²) in [6.45, 7) is 5.28. The van der Waals surface area contributed by atoms with Gasteiger partial charge in [-0.1, -0.05) is 29.8 Å². The summed E-state index contributed by atoms with van der Waals surface area (Å²) in [5.74, 6) is -0.676. The minimum atomic E-state index is -0.722. The molecule has 2 amide bonds. The number of carbonyl (C=O) groups is 3. The van der Waals surface area contributed by atoms with Crippen molar-refractivity contribution in [2.75, 3.05) is 12.0 Å². The van der Waals surface area contributed by atoms with Crippen molar-refractivity contribution in [2.24, 2.45) is 0 Å². The summed E-state index contributed by atoms with van der Waals surface area (Å²) < 4.78 is 12.1. The fourth-order valence-corrected chi connectivity index (χ4v) is 3.81. The normalized spacial score (nSPS) is 14.5. The Morgan fingerprint density at radius 1 is 1.00 bits per heavy atom. The van der Waals surface area contributed by atoms with Crippen molar-refractivity contribution in [3.05, 3.63) is 65.3 Å². The second kappa shape index (κ2) is 7.84.